The van der Waals surface area contributed by atoms with E-state index in [1.807, 2.05) is 0 Å². The van der Waals surface area contributed by atoms with Crippen LogP contribution in [0.25, 0.3) is 0 Å². The molecule has 2 aromatic carbocycles. The number of benzene rings is 2. The molecule has 0 saturated carbocycles. The van der Waals surface area contributed by atoms with Crippen LogP contribution >= 0.6 is 0 Å². The molecule has 0 bridgehead atoms. The van der Waals surface area contributed by atoms with Gasteiger partial charge in [-0.3, -0.25) is 9.59 Å². The number of aliphatic hydroxyl groups is 1. The second-order valence-electron chi connectivity index (χ2n) is 6.09. The van der Waals surface area contributed by atoms with Crippen LogP contribution in [-0.4, -0.2) is 29.3 Å². The molecule has 156 valence electrons. The minimum atomic E-state index is -4.42. The van der Waals surface area contributed by atoms with Crippen LogP contribution < -0.4 is 9.47 Å². The zero-order valence-corrected chi connectivity index (χ0v) is 15.6. The number of ether oxygens (including phenoxy) is 3. The van der Waals surface area contributed by atoms with Gasteiger partial charge in [-0.05, 0) is 62.4 Å². The number of aliphatic hydroxyl groups excluding tert-OH is 1. The summed E-state index contributed by atoms with van der Waals surface area (Å²) in [6.07, 6.45) is -7.19. The van der Waals surface area contributed by atoms with Gasteiger partial charge in [0.1, 0.15) is 23.7 Å². The molecule has 29 heavy (non-hydrogen) atoms. The van der Waals surface area contributed by atoms with Gasteiger partial charge in [0.2, 0.25) is 0 Å². The lowest BCUT2D eigenvalue weighted by atomic mass is 10.2. The van der Waals surface area contributed by atoms with Gasteiger partial charge in [0.05, 0.1) is 5.56 Å². The second-order valence-corrected chi connectivity index (χ2v) is 6.09. The van der Waals surface area contributed by atoms with Gasteiger partial charge in [-0.2, -0.15) is 13.2 Å². The molecule has 0 saturated heterocycles. The molecule has 2 aromatic rings. The van der Waals surface area contributed by atoms with E-state index in [4.69, 9.17) is 14.6 Å². The Labute approximate surface area is 164 Å². The number of hydrogen-bond acceptors (Lipinski definition) is 6. The zero-order chi connectivity index (χ0) is 21.6. The van der Waals surface area contributed by atoms with Gasteiger partial charge in [0.15, 0.2) is 18.2 Å². The Balaban J connectivity index is 1.91. The maximum atomic E-state index is 12.6. The molecule has 9 heteroatoms. The normalized spacial score (nSPS) is 13.3. The van der Waals surface area contributed by atoms with Gasteiger partial charge >= 0.3 is 12.1 Å². The van der Waals surface area contributed by atoms with Gasteiger partial charge in [0, 0.05) is 0 Å². The molecule has 1 N–H and O–H groups in total. The van der Waals surface area contributed by atoms with Crippen molar-refractivity contribution in [3.05, 3.63) is 54.1 Å². The van der Waals surface area contributed by atoms with Crippen LogP contribution in [0.1, 0.15) is 25.8 Å². The van der Waals surface area contributed by atoms with E-state index in [1.54, 1.807) is 0 Å². The van der Waals surface area contributed by atoms with Crippen LogP contribution in [-0.2, 0) is 20.5 Å². The van der Waals surface area contributed by atoms with Crippen LogP contribution in [0, 0.1) is 0 Å². The molecule has 0 spiro atoms. The van der Waals surface area contributed by atoms with Crippen molar-refractivity contribution in [3.8, 4) is 17.2 Å². The van der Waals surface area contributed by atoms with Crippen molar-refractivity contribution in [1.82, 2.24) is 0 Å². The number of alkyl halides is 3. The molecule has 2 rings (SSSR count). The maximum absolute atomic E-state index is 12.6. The predicted molar refractivity (Wildman–Crippen MR) is 95.4 cm³/mol. The van der Waals surface area contributed by atoms with Crippen LogP contribution in [0.4, 0.5) is 13.2 Å². The Morgan fingerprint density at radius 3 is 1.90 bits per heavy atom. The van der Waals surface area contributed by atoms with Crippen molar-refractivity contribution in [1.29, 1.82) is 0 Å². The Hall–Kier alpha value is -3.07. The smallest absolute Gasteiger partial charge is 0.416 e. The summed E-state index contributed by atoms with van der Waals surface area (Å²) in [7, 11) is 0. The van der Waals surface area contributed by atoms with Crippen molar-refractivity contribution < 1.29 is 42.1 Å². The van der Waals surface area contributed by atoms with Gasteiger partial charge in [0.25, 0.3) is 0 Å². The fourth-order valence-electron chi connectivity index (χ4n) is 2.22. The molecule has 0 amide bonds. The minimum Gasteiger partial charge on any atom is -0.483 e. The Morgan fingerprint density at radius 2 is 1.41 bits per heavy atom. The van der Waals surface area contributed by atoms with E-state index >= 15 is 0 Å². The number of halogens is 3. The van der Waals surface area contributed by atoms with E-state index in [-0.39, 0.29) is 5.75 Å². The quantitative estimate of drug-likeness (QED) is 0.399. The highest BCUT2D eigenvalue weighted by Crippen LogP contribution is 2.31. The van der Waals surface area contributed by atoms with E-state index in [0.29, 0.717) is 11.5 Å². The van der Waals surface area contributed by atoms with Gasteiger partial charge in [-0.15, -0.1) is 0 Å². The monoisotopic (exact) mass is 412 g/mol. The van der Waals surface area contributed by atoms with E-state index < -0.39 is 42.3 Å². The van der Waals surface area contributed by atoms with Gasteiger partial charge in [-0.1, -0.05) is 0 Å². The van der Waals surface area contributed by atoms with E-state index in [0.717, 1.165) is 12.1 Å². The highest BCUT2D eigenvalue weighted by molar-refractivity contribution is 5.97. The molecule has 2 unspecified atom stereocenters. The first-order valence-corrected chi connectivity index (χ1v) is 8.56. The van der Waals surface area contributed by atoms with Crippen molar-refractivity contribution in [2.45, 2.75) is 38.8 Å². The topological polar surface area (TPSA) is 82.1 Å². The molecule has 0 aromatic heterocycles. The lowest BCUT2D eigenvalue weighted by Gasteiger charge is -2.14. The molecule has 0 aliphatic rings. The number of rotatable bonds is 8. The average Bonchev–Trinajstić information content (AvgIpc) is 2.62. The fourth-order valence-corrected chi connectivity index (χ4v) is 2.22. The first-order chi connectivity index (χ1) is 13.5. The molecular weight excluding hydrogens is 393 g/mol. The molecule has 0 fully saturated rings. The number of Topliss-reactive ketones (excluding diaryl/α,β-unsaturated/α-hetero) is 1. The maximum Gasteiger partial charge on any atom is 0.416 e. The lowest BCUT2D eigenvalue weighted by molar-refractivity contribution is -0.166. The summed E-state index contributed by atoms with van der Waals surface area (Å²) >= 11 is 0. The lowest BCUT2D eigenvalue weighted by Crippen LogP contribution is -2.27. The first kappa shape index (κ1) is 22.2. The van der Waals surface area contributed by atoms with Gasteiger partial charge in [-0.25, -0.2) is 0 Å². The summed E-state index contributed by atoms with van der Waals surface area (Å²) in [5, 5.41) is 8.94. The Kier molecular flexibility index (Phi) is 7.22. The van der Waals surface area contributed by atoms with E-state index in [9.17, 15) is 22.8 Å². The fraction of sp³-hybridized carbons (Fsp3) is 0.300. The molecule has 2 atom stereocenters. The van der Waals surface area contributed by atoms with Gasteiger partial charge < -0.3 is 19.3 Å². The third kappa shape index (κ3) is 7.11. The zero-order valence-electron chi connectivity index (χ0n) is 15.6. The van der Waals surface area contributed by atoms with Crippen molar-refractivity contribution in [2.75, 3.05) is 0 Å². The largest absolute Gasteiger partial charge is 0.483 e. The van der Waals surface area contributed by atoms with Crippen molar-refractivity contribution in [3.63, 3.8) is 0 Å². The van der Waals surface area contributed by atoms with Crippen LogP contribution in [0.2, 0.25) is 0 Å². The molecule has 0 heterocycles. The number of ketones is 1. The Bertz CT molecular complexity index is 829. The molecule has 0 aliphatic carbocycles. The second kappa shape index (κ2) is 9.42. The summed E-state index contributed by atoms with van der Waals surface area (Å²) in [5.74, 6) is -0.473. The number of carbonyl (C=O) groups excluding carboxylic acids is 2. The van der Waals surface area contributed by atoms with Crippen LogP contribution in [0.3, 0.4) is 0 Å². The van der Waals surface area contributed by atoms with Crippen molar-refractivity contribution in [2.24, 2.45) is 0 Å². The number of carbonyl (C=O) groups is 2. The molecular formula is C20H19F3O6. The molecule has 6 nitrogen and oxygen atoms in total. The number of esters is 1. The molecule has 0 aliphatic heterocycles. The third-order valence-electron chi connectivity index (χ3n) is 3.63. The first-order valence-electron chi connectivity index (χ1n) is 8.56. The predicted octanol–water partition coefficient (Wildman–Crippen LogP) is 4.11. The van der Waals surface area contributed by atoms with Crippen LogP contribution in [0.5, 0.6) is 17.2 Å². The number of hydrogen-bond donors (Lipinski definition) is 1. The summed E-state index contributed by atoms with van der Waals surface area (Å²) in [6, 6.07) is 10.3. The summed E-state index contributed by atoms with van der Waals surface area (Å²) in [4.78, 5) is 23.3. The highest BCUT2D eigenvalue weighted by Gasteiger charge is 2.30. The van der Waals surface area contributed by atoms with E-state index in [2.05, 4.69) is 4.74 Å². The SMILES string of the molecule is CC(O)OC(=O)CC(=O)C(C)Oc1ccc(Oc2ccc(C(F)(F)F)cc2)cc1. The van der Waals surface area contributed by atoms with E-state index in [1.165, 1.54) is 50.2 Å². The third-order valence-corrected chi connectivity index (χ3v) is 3.63. The Morgan fingerprint density at radius 1 is 0.931 bits per heavy atom. The summed E-state index contributed by atoms with van der Waals surface area (Å²) < 4.78 is 53.1. The minimum absolute atomic E-state index is 0.229. The summed E-state index contributed by atoms with van der Waals surface area (Å²) in [6.45, 7) is 2.71. The highest BCUT2D eigenvalue weighted by atomic mass is 19.4. The molecule has 0 radical (unpaired) electrons. The summed E-state index contributed by atoms with van der Waals surface area (Å²) in [5.41, 5.74) is -0.774. The van der Waals surface area contributed by atoms with Crippen LogP contribution in [0.15, 0.2) is 48.5 Å². The van der Waals surface area contributed by atoms with Crippen molar-refractivity contribution >= 4 is 11.8 Å². The average molecular weight is 412 g/mol. The standard InChI is InChI=1S/C20H19F3O6/c1-12(18(25)11-19(26)28-13(2)24)27-15-7-9-17(10-8-15)29-16-5-3-14(4-6-16)20(21,22)23/h3-10,12-13,24H,11H2,1-2H3.